The number of carbonyl (C=O) groups is 1. The van der Waals surface area contributed by atoms with Crippen molar-refractivity contribution in [2.45, 2.75) is 0 Å². The summed E-state index contributed by atoms with van der Waals surface area (Å²) in [5, 5.41) is 18.1. The van der Waals surface area contributed by atoms with Crippen LogP contribution in [-0.2, 0) is 14.8 Å². The number of ether oxygens (including phenoxy) is 1. The molecule has 0 aliphatic carbocycles. The fraction of sp³-hybridized carbons (Fsp3) is 0.0909. The van der Waals surface area contributed by atoms with Crippen LogP contribution in [0, 0.1) is 0 Å². The van der Waals surface area contributed by atoms with Crippen LogP contribution >= 0.6 is 0 Å². The van der Waals surface area contributed by atoms with Crippen molar-refractivity contribution in [2.75, 3.05) is 6.61 Å². The summed E-state index contributed by atoms with van der Waals surface area (Å²) in [6, 6.07) is 5.84. The van der Waals surface area contributed by atoms with E-state index in [9.17, 15) is 18.3 Å². The highest BCUT2D eigenvalue weighted by Gasteiger charge is 2.32. The zero-order valence-corrected chi connectivity index (χ0v) is 10.3. The van der Waals surface area contributed by atoms with Gasteiger partial charge in [0, 0.05) is 17.9 Å². The fourth-order valence-corrected chi connectivity index (χ4v) is 2.53. The summed E-state index contributed by atoms with van der Waals surface area (Å²) >= 11 is 0. The van der Waals surface area contributed by atoms with Crippen molar-refractivity contribution in [2.24, 2.45) is 4.40 Å². The van der Waals surface area contributed by atoms with Crippen LogP contribution in [0.5, 0.6) is 11.5 Å². The minimum Gasteiger partial charge on any atom is -0.508 e. The SMILES string of the molecule is O=C(O)C1=C(COc2cccc(O)c2)C=NS1(=O)=O. The third kappa shape index (κ3) is 2.74. The van der Waals surface area contributed by atoms with E-state index in [-0.39, 0.29) is 23.7 Å². The molecule has 1 aliphatic rings. The number of hydrogen-bond donors (Lipinski definition) is 2. The summed E-state index contributed by atoms with van der Waals surface area (Å²) in [4.78, 5) is 10.1. The van der Waals surface area contributed by atoms with Gasteiger partial charge >= 0.3 is 5.97 Å². The van der Waals surface area contributed by atoms with E-state index in [2.05, 4.69) is 4.40 Å². The highest BCUT2D eigenvalue weighted by molar-refractivity contribution is 7.95. The van der Waals surface area contributed by atoms with Crippen molar-refractivity contribution in [1.82, 2.24) is 0 Å². The van der Waals surface area contributed by atoms with Gasteiger partial charge in [0.2, 0.25) is 0 Å². The Morgan fingerprint density at radius 3 is 2.74 bits per heavy atom. The number of rotatable bonds is 4. The molecule has 0 spiro atoms. The first kappa shape index (κ1) is 13.1. The largest absolute Gasteiger partial charge is 0.508 e. The number of phenols is 1. The second kappa shape index (κ2) is 4.73. The van der Waals surface area contributed by atoms with Crippen LogP contribution in [0.1, 0.15) is 0 Å². The molecule has 2 N–H and O–H groups in total. The van der Waals surface area contributed by atoms with E-state index in [1.165, 1.54) is 18.2 Å². The predicted octanol–water partition coefficient (Wildman–Crippen LogP) is 0.524. The molecule has 0 bridgehead atoms. The molecule has 0 amide bonds. The first-order valence-corrected chi connectivity index (χ1v) is 6.53. The van der Waals surface area contributed by atoms with E-state index >= 15 is 0 Å². The lowest BCUT2D eigenvalue weighted by Gasteiger charge is -2.06. The van der Waals surface area contributed by atoms with Crippen molar-refractivity contribution in [3.8, 4) is 11.5 Å². The summed E-state index contributed by atoms with van der Waals surface area (Å²) < 4.78 is 31.0. The fourth-order valence-electron chi connectivity index (χ4n) is 1.49. The van der Waals surface area contributed by atoms with Crippen molar-refractivity contribution >= 4 is 22.2 Å². The minimum absolute atomic E-state index is 0.0161. The van der Waals surface area contributed by atoms with Gasteiger partial charge in [-0.15, -0.1) is 0 Å². The normalized spacial score (nSPS) is 16.6. The van der Waals surface area contributed by atoms with Gasteiger partial charge in [-0.05, 0) is 12.1 Å². The molecule has 0 saturated carbocycles. The summed E-state index contributed by atoms with van der Waals surface area (Å²) in [5.41, 5.74) is -0.0455. The lowest BCUT2D eigenvalue weighted by molar-refractivity contribution is -0.131. The number of phenolic OH excluding ortho intramolecular Hbond substituents is 1. The topological polar surface area (TPSA) is 113 Å². The molecule has 8 heteroatoms. The van der Waals surface area contributed by atoms with Gasteiger partial charge in [0.25, 0.3) is 10.0 Å². The summed E-state index contributed by atoms with van der Waals surface area (Å²) in [6.45, 7) is -0.270. The molecule has 0 fully saturated rings. The van der Waals surface area contributed by atoms with Gasteiger partial charge in [-0.1, -0.05) is 6.07 Å². The Hall–Kier alpha value is -2.35. The number of carboxylic acids is 1. The van der Waals surface area contributed by atoms with E-state index in [0.29, 0.717) is 0 Å². The van der Waals surface area contributed by atoms with Crippen LogP contribution in [0.2, 0.25) is 0 Å². The van der Waals surface area contributed by atoms with Gasteiger partial charge < -0.3 is 14.9 Å². The minimum atomic E-state index is -4.13. The second-order valence-corrected chi connectivity index (χ2v) is 5.22. The van der Waals surface area contributed by atoms with E-state index in [1.807, 2.05) is 0 Å². The number of sulfonamides is 1. The molecule has 100 valence electrons. The Balaban J connectivity index is 2.22. The van der Waals surface area contributed by atoms with Gasteiger partial charge in [0.15, 0.2) is 4.91 Å². The molecular weight excluding hydrogens is 274 g/mol. The number of carboxylic acid groups (broad SMARTS) is 1. The highest BCUT2D eigenvalue weighted by atomic mass is 32.2. The number of aliphatic carboxylic acids is 1. The maximum Gasteiger partial charge on any atom is 0.349 e. The standard InChI is InChI=1S/C11H9NO6S/c13-8-2-1-3-9(4-8)18-6-7-5-12-19(16,17)10(7)11(14)15/h1-5,13H,6H2,(H,14,15). The van der Waals surface area contributed by atoms with Gasteiger partial charge in [0.05, 0.1) is 0 Å². The zero-order valence-electron chi connectivity index (χ0n) is 9.48. The first-order chi connectivity index (χ1) is 8.90. The highest BCUT2D eigenvalue weighted by Crippen LogP contribution is 2.22. The molecule has 0 atom stereocenters. The molecule has 19 heavy (non-hydrogen) atoms. The van der Waals surface area contributed by atoms with Gasteiger partial charge in [-0.2, -0.15) is 12.8 Å². The molecule has 0 aromatic heterocycles. The van der Waals surface area contributed by atoms with Crippen LogP contribution in [0.4, 0.5) is 0 Å². The van der Waals surface area contributed by atoms with Crippen molar-refractivity contribution < 1.29 is 28.2 Å². The van der Waals surface area contributed by atoms with E-state index in [4.69, 9.17) is 9.84 Å². The summed E-state index contributed by atoms with van der Waals surface area (Å²) in [6.07, 6.45) is 0.946. The Labute approximate surface area is 108 Å². The number of nitrogens with zero attached hydrogens (tertiary/aromatic N) is 1. The first-order valence-electron chi connectivity index (χ1n) is 5.09. The molecule has 0 radical (unpaired) electrons. The Bertz CT molecular complexity index is 689. The van der Waals surface area contributed by atoms with Crippen molar-refractivity contribution in [3.63, 3.8) is 0 Å². The van der Waals surface area contributed by atoms with Crippen molar-refractivity contribution in [3.05, 3.63) is 34.7 Å². The van der Waals surface area contributed by atoms with Crippen LogP contribution in [0.3, 0.4) is 0 Å². The third-order valence-electron chi connectivity index (χ3n) is 2.30. The monoisotopic (exact) mass is 283 g/mol. The van der Waals surface area contributed by atoms with E-state index in [1.54, 1.807) is 6.07 Å². The van der Waals surface area contributed by atoms with E-state index in [0.717, 1.165) is 6.21 Å². The smallest absolute Gasteiger partial charge is 0.349 e. The van der Waals surface area contributed by atoms with Gasteiger partial charge in [-0.25, -0.2) is 4.79 Å². The average molecular weight is 283 g/mol. The molecule has 1 heterocycles. The average Bonchev–Trinajstić information content (AvgIpc) is 2.62. The molecule has 2 rings (SSSR count). The van der Waals surface area contributed by atoms with Crippen LogP contribution in [0.15, 0.2) is 39.1 Å². The van der Waals surface area contributed by atoms with E-state index < -0.39 is 20.9 Å². The number of benzene rings is 1. The molecule has 1 aromatic rings. The molecular formula is C11H9NO6S. The van der Waals surface area contributed by atoms with Crippen LogP contribution in [0.25, 0.3) is 0 Å². The van der Waals surface area contributed by atoms with Crippen LogP contribution in [-0.4, -0.2) is 37.4 Å². The molecule has 7 nitrogen and oxygen atoms in total. The number of aromatic hydroxyl groups is 1. The summed E-state index contributed by atoms with van der Waals surface area (Å²) in [5.74, 6) is -1.31. The lowest BCUT2D eigenvalue weighted by Crippen LogP contribution is -2.12. The Kier molecular flexibility index (Phi) is 3.26. The molecule has 1 aliphatic heterocycles. The van der Waals surface area contributed by atoms with Crippen LogP contribution < -0.4 is 4.74 Å². The quantitative estimate of drug-likeness (QED) is 0.833. The summed E-state index contributed by atoms with van der Waals surface area (Å²) in [7, 11) is -4.13. The Morgan fingerprint density at radius 1 is 1.37 bits per heavy atom. The van der Waals surface area contributed by atoms with Crippen molar-refractivity contribution in [1.29, 1.82) is 0 Å². The molecule has 0 saturated heterocycles. The second-order valence-electron chi connectivity index (χ2n) is 3.66. The Morgan fingerprint density at radius 2 is 2.11 bits per heavy atom. The molecule has 0 unspecified atom stereocenters. The zero-order chi connectivity index (χ0) is 14.0. The lowest BCUT2D eigenvalue weighted by atomic mass is 10.3. The van der Waals surface area contributed by atoms with Gasteiger partial charge in [0.1, 0.15) is 18.1 Å². The maximum atomic E-state index is 11.3. The van der Waals surface area contributed by atoms with Gasteiger partial charge in [-0.3, -0.25) is 0 Å². The predicted molar refractivity (Wildman–Crippen MR) is 65.7 cm³/mol. The maximum absolute atomic E-state index is 11.3. The third-order valence-corrected chi connectivity index (χ3v) is 3.64. The molecule has 1 aromatic carbocycles. The number of hydrogen-bond acceptors (Lipinski definition) is 5.